The summed E-state index contributed by atoms with van der Waals surface area (Å²) in [4.78, 5) is 1.54. The Labute approximate surface area is 77.3 Å². The molecule has 0 aliphatic heterocycles. The smallest absolute Gasteiger partial charge is 0.251 e. The minimum Gasteiger partial charge on any atom is -0.379 e. The molecule has 0 atom stereocenters. The van der Waals surface area contributed by atoms with Crippen LogP contribution in [0.15, 0.2) is 0 Å². The minimum atomic E-state index is -2.26. The Kier molecular flexibility index (Phi) is 7.85. The van der Waals surface area contributed by atoms with E-state index in [0.717, 1.165) is 0 Å². The van der Waals surface area contributed by atoms with Gasteiger partial charge in [0.15, 0.2) is 0 Å². The zero-order valence-electron chi connectivity index (χ0n) is 7.17. The van der Waals surface area contributed by atoms with Crippen LogP contribution in [0.2, 0.25) is 0 Å². The first-order valence-electron chi connectivity index (χ1n) is 3.82. The lowest BCUT2D eigenvalue weighted by atomic mass is 10.5. The lowest BCUT2D eigenvalue weighted by Gasteiger charge is -2.15. The number of likely N-dealkylation sites (N-methyl/N-ethyl adjacent to an activating group) is 1. The minimum absolute atomic E-state index is 0.190. The van der Waals surface area contributed by atoms with Crippen LogP contribution in [0.4, 0.5) is 8.78 Å². The number of hydrogen-bond donors (Lipinski definition) is 1. The fourth-order valence-corrected chi connectivity index (χ4v) is 0.843. The number of ether oxygens (including phenoxy) is 1. The maximum atomic E-state index is 11.8. The van der Waals surface area contributed by atoms with Crippen LogP contribution < -0.4 is 0 Å². The molecule has 0 amide bonds. The summed E-state index contributed by atoms with van der Waals surface area (Å²) in [5.74, 6) is 0.665. The van der Waals surface area contributed by atoms with Crippen molar-refractivity contribution in [2.24, 2.45) is 0 Å². The molecule has 0 rings (SSSR count). The van der Waals surface area contributed by atoms with Gasteiger partial charge in [0.1, 0.15) is 0 Å². The molecule has 0 bridgehead atoms. The van der Waals surface area contributed by atoms with E-state index < -0.39 is 6.43 Å². The molecule has 0 aliphatic carbocycles. The largest absolute Gasteiger partial charge is 0.379 e. The summed E-state index contributed by atoms with van der Waals surface area (Å²) in [5, 5.41) is 0. The van der Waals surface area contributed by atoms with E-state index in [1.807, 2.05) is 0 Å². The molecule has 0 unspecified atom stereocenters. The van der Waals surface area contributed by atoms with Gasteiger partial charge in [0, 0.05) is 12.3 Å². The van der Waals surface area contributed by atoms with E-state index in [9.17, 15) is 8.78 Å². The molecule has 2 nitrogen and oxygen atoms in total. The lowest BCUT2D eigenvalue weighted by molar-refractivity contribution is 0.0751. The molecule has 0 aliphatic rings. The van der Waals surface area contributed by atoms with E-state index in [1.54, 1.807) is 11.9 Å². The van der Waals surface area contributed by atoms with Crippen molar-refractivity contribution in [2.45, 2.75) is 6.43 Å². The normalized spacial score (nSPS) is 11.5. The number of halogens is 2. The predicted octanol–water partition coefficient (Wildman–Crippen LogP) is 1.13. The van der Waals surface area contributed by atoms with Gasteiger partial charge in [-0.05, 0) is 7.05 Å². The molecule has 0 radical (unpaired) electrons. The molecule has 0 aromatic heterocycles. The number of rotatable bonds is 7. The Balaban J connectivity index is 3.14. The highest BCUT2D eigenvalue weighted by atomic mass is 32.1. The summed E-state index contributed by atoms with van der Waals surface area (Å²) >= 11 is 3.94. The SMILES string of the molecule is CN(CCOCCS)CC(F)F. The summed E-state index contributed by atoms with van der Waals surface area (Å²) in [5.41, 5.74) is 0. The molecule has 74 valence electrons. The van der Waals surface area contributed by atoms with Crippen molar-refractivity contribution < 1.29 is 13.5 Å². The maximum absolute atomic E-state index is 11.8. The van der Waals surface area contributed by atoms with Crippen molar-refractivity contribution in [3.05, 3.63) is 0 Å². The van der Waals surface area contributed by atoms with Crippen LogP contribution in [-0.4, -0.2) is 50.4 Å². The monoisotopic (exact) mass is 199 g/mol. The van der Waals surface area contributed by atoms with Crippen molar-refractivity contribution >= 4 is 12.6 Å². The van der Waals surface area contributed by atoms with Crippen molar-refractivity contribution in [1.82, 2.24) is 4.90 Å². The molecule has 0 saturated heterocycles. The molecule has 0 spiro atoms. The topological polar surface area (TPSA) is 12.5 Å². The number of thiol groups is 1. The van der Waals surface area contributed by atoms with Gasteiger partial charge in [0.05, 0.1) is 19.8 Å². The van der Waals surface area contributed by atoms with Gasteiger partial charge in [0.2, 0.25) is 0 Å². The van der Waals surface area contributed by atoms with Crippen molar-refractivity contribution in [2.75, 3.05) is 39.1 Å². The second kappa shape index (κ2) is 7.76. The second-order valence-electron chi connectivity index (χ2n) is 2.49. The quantitative estimate of drug-likeness (QED) is 0.487. The molecule has 0 N–H and O–H groups in total. The number of alkyl halides is 2. The zero-order chi connectivity index (χ0) is 9.40. The maximum Gasteiger partial charge on any atom is 0.251 e. The molecule has 0 fully saturated rings. The summed E-state index contributed by atoms with van der Waals surface area (Å²) in [6.45, 7) is 1.41. The Hall–Kier alpha value is 0.130. The van der Waals surface area contributed by atoms with Gasteiger partial charge in [-0.2, -0.15) is 12.6 Å². The van der Waals surface area contributed by atoms with E-state index in [1.165, 1.54) is 0 Å². The van der Waals surface area contributed by atoms with Crippen molar-refractivity contribution in [3.63, 3.8) is 0 Å². The van der Waals surface area contributed by atoms with Gasteiger partial charge in [-0.15, -0.1) is 0 Å². The van der Waals surface area contributed by atoms with Gasteiger partial charge in [-0.3, -0.25) is 4.90 Å². The first kappa shape index (κ1) is 12.1. The van der Waals surface area contributed by atoms with Crippen LogP contribution in [0, 0.1) is 0 Å². The molecule has 0 aromatic rings. The Morgan fingerprint density at radius 3 is 2.58 bits per heavy atom. The van der Waals surface area contributed by atoms with Crippen LogP contribution in [0.25, 0.3) is 0 Å². The second-order valence-corrected chi connectivity index (χ2v) is 2.94. The molecule has 12 heavy (non-hydrogen) atoms. The van der Waals surface area contributed by atoms with Crippen LogP contribution >= 0.6 is 12.6 Å². The highest BCUT2D eigenvalue weighted by Gasteiger charge is 2.06. The summed E-state index contributed by atoms with van der Waals surface area (Å²) in [6.07, 6.45) is -2.26. The van der Waals surface area contributed by atoms with E-state index in [2.05, 4.69) is 12.6 Å². The average molecular weight is 199 g/mol. The third-order valence-corrected chi connectivity index (χ3v) is 1.49. The zero-order valence-corrected chi connectivity index (χ0v) is 8.07. The van der Waals surface area contributed by atoms with Gasteiger partial charge in [-0.1, -0.05) is 0 Å². The summed E-state index contributed by atoms with van der Waals surface area (Å²) in [6, 6.07) is 0. The average Bonchev–Trinajstić information content (AvgIpc) is 1.97. The number of hydrogen-bond acceptors (Lipinski definition) is 3. The Morgan fingerprint density at radius 2 is 2.08 bits per heavy atom. The van der Waals surface area contributed by atoms with Crippen LogP contribution in [0.3, 0.4) is 0 Å². The molecular formula is C7H15F2NOS. The lowest BCUT2D eigenvalue weighted by Crippen LogP contribution is -2.28. The molecule has 0 aromatic carbocycles. The summed E-state index contributed by atoms with van der Waals surface area (Å²) in [7, 11) is 1.65. The van der Waals surface area contributed by atoms with Gasteiger partial charge in [-0.25, -0.2) is 8.78 Å². The van der Waals surface area contributed by atoms with Crippen LogP contribution in [0.1, 0.15) is 0 Å². The highest BCUT2D eigenvalue weighted by molar-refractivity contribution is 7.80. The molecule has 5 heteroatoms. The first-order chi connectivity index (χ1) is 5.66. The fourth-order valence-electron chi connectivity index (χ4n) is 0.714. The third-order valence-electron chi connectivity index (χ3n) is 1.30. The Bertz CT molecular complexity index is 105. The van der Waals surface area contributed by atoms with E-state index >= 15 is 0 Å². The predicted molar refractivity (Wildman–Crippen MR) is 48.2 cm³/mol. The van der Waals surface area contributed by atoms with Crippen LogP contribution in [0.5, 0.6) is 0 Å². The van der Waals surface area contributed by atoms with E-state index in [4.69, 9.17) is 4.74 Å². The van der Waals surface area contributed by atoms with Gasteiger partial charge in [0.25, 0.3) is 6.43 Å². The number of nitrogens with zero attached hydrogens (tertiary/aromatic N) is 1. The van der Waals surface area contributed by atoms with E-state index in [0.29, 0.717) is 25.5 Å². The Morgan fingerprint density at radius 1 is 1.42 bits per heavy atom. The highest BCUT2D eigenvalue weighted by Crippen LogP contribution is 1.94. The van der Waals surface area contributed by atoms with Crippen molar-refractivity contribution in [3.8, 4) is 0 Å². The summed E-state index contributed by atoms with van der Waals surface area (Å²) < 4.78 is 28.6. The third kappa shape index (κ3) is 8.23. The molecule has 0 saturated carbocycles. The van der Waals surface area contributed by atoms with Crippen molar-refractivity contribution in [1.29, 1.82) is 0 Å². The van der Waals surface area contributed by atoms with Gasteiger partial charge < -0.3 is 4.74 Å². The van der Waals surface area contributed by atoms with Gasteiger partial charge >= 0.3 is 0 Å². The molecule has 0 heterocycles. The standard InChI is InChI=1S/C7H15F2NOS/c1-10(6-7(8)9)2-3-11-4-5-12/h7,12H,2-6H2,1H3. The first-order valence-corrected chi connectivity index (χ1v) is 4.45. The molecular weight excluding hydrogens is 184 g/mol. The van der Waals surface area contributed by atoms with E-state index in [-0.39, 0.29) is 6.54 Å². The van der Waals surface area contributed by atoms with Crippen LogP contribution in [-0.2, 0) is 4.74 Å². The fraction of sp³-hybridized carbons (Fsp3) is 1.00.